The van der Waals surface area contributed by atoms with E-state index in [1.807, 2.05) is 0 Å². The first-order chi connectivity index (χ1) is 6.22. The lowest BCUT2D eigenvalue weighted by Gasteiger charge is -1.99. The highest BCUT2D eigenvalue weighted by Crippen LogP contribution is 2.04. The van der Waals surface area contributed by atoms with Crippen LogP contribution in [-0.4, -0.2) is 21.6 Å². The number of aromatic nitrogens is 2. The number of hydrogen-bond acceptors (Lipinski definition) is 2. The maximum Gasteiger partial charge on any atom is 0.224 e. The molecule has 0 aliphatic carbocycles. The molecule has 0 aromatic carbocycles. The molecule has 4 nitrogen and oxygen atoms in total. The number of carbonyl (C=O) groups excluding carboxylic acids is 1. The molecule has 0 saturated heterocycles. The number of carbonyl (C=O) groups is 1. The first kappa shape index (κ1) is 10.1. The number of anilines is 1. The maximum atomic E-state index is 11.2. The summed E-state index contributed by atoms with van der Waals surface area (Å²) in [4.78, 5) is 11.2. The van der Waals surface area contributed by atoms with E-state index in [2.05, 4.69) is 10.4 Å². The second-order valence-corrected chi connectivity index (χ2v) is 3.12. The van der Waals surface area contributed by atoms with Gasteiger partial charge in [-0.25, -0.2) is 0 Å². The van der Waals surface area contributed by atoms with Gasteiger partial charge < -0.3 is 5.32 Å². The lowest BCUT2D eigenvalue weighted by molar-refractivity contribution is -0.116. The quantitative estimate of drug-likeness (QED) is 0.749. The lowest BCUT2D eigenvalue weighted by atomic mass is 10.3. The Morgan fingerprint density at radius 1 is 1.77 bits per heavy atom. The molecule has 0 atom stereocenters. The Labute approximate surface area is 81.9 Å². The second-order valence-electron chi connectivity index (χ2n) is 2.74. The van der Waals surface area contributed by atoms with Gasteiger partial charge in [0.15, 0.2) is 0 Å². The van der Waals surface area contributed by atoms with Gasteiger partial charge in [-0.1, -0.05) is 0 Å². The molecule has 0 radical (unpaired) electrons. The van der Waals surface area contributed by atoms with E-state index in [-0.39, 0.29) is 5.91 Å². The molecule has 1 aromatic rings. The van der Waals surface area contributed by atoms with Gasteiger partial charge in [-0.05, 0) is 6.42 Å². The fraction of sp³-hybridized carbons (Fsp3) is 0.500. The van der Waals surface area contributed by atoms with Crippen molar-refractivity contribution < 1.29 is 4.79 Å². The van der Waals surface area contributed by atoms with Crippen LogP contribution in [0.15, 0.2) is 12.4 Å². The highest BCUT2D eigenvalue weighted by Gasteiger charge is 2.02. The Balaban J connectivity index is 2.36. The molecule has 0 aliphatic heterocycles. The van der Waals surface area contributed by atoms with Gasteiger partial charge in [-0.2, -0.15) is 5.10 Å². The molecule has 5 heteroatoms. The number of hydrogen-bond donors (Lipinski definition) is 1. The fourth-order valence-electron chi connectivity index (χ4n) is 0.937. The summed E-state index contributed by atoms with van der Waals surface area (Å²) in [6, 6.07) is 0. The molecule has 0 bridgehead atoms. The van der Waals surface area contributed by atoms with Crippen LogP contribution in [0.1, 0.15) is 12.8 Å². The summed E-state index contributed by atoms with van der Waals surface area (Å²) in [5.74, 6) is 0.495. The lowest BCUT2D eigenvalue weighted by Crippen LogP contribution is -2.10. The van der Waals surface area contributed by atoms with E-state index >= 15 is 0 Å². The van der Waals surface area contributed by atoms with Crippen LogP contribution in [0.5, 0.6) is 0 Å². The van der Waals surface area contributed by atoms with Crippen LogP contribution in [0.4, 0.5) is 5.69 Å². The van der Waals surface area contributed by atoms with E-state index in [0.29, 0.717) is 18.7 Å². The third-order valence-electron chi connectivity index (χ3n) is 1.53. The largest absolute Gasteiger partial charge is 0.323 e. The van der Waals surface area contributed by atoms with Gasteiger partial charge >= 0.3 is 0 Å². The molecule has 1 amide bonds. The van der Waals surface area contributed by atoms with E-state index in [1.165, 1.54) is 0 Å². The zero-order chi connectivity index (χ0) is 9.68. The number of amides is 1. The van der Waals surface area contributed by atoms with Gasteiger partial charge in [-0.15, -0.1) is 11.6 Å². The Bertz CT molecular complexity index is 285. The Kier molecular flexibility index (Phi) is 3.76. The molecule has 1 aromatic heterocycles. The molecule has 0 saturated carbocycles. The van der Waals surface area contributed by atoms with Crippen LogP contribution in [-0.2, 0) is 11.8 Å². The van der Waals surface area contributed by atoms with E-state index in [9.17, 15) is 4.79 Å². The van der Waals surface area contributed by atoms with Crippen LogP contribution < -0.4 is 5.32 Å². The standard InChI is InChI=1S/C8H12ClN3O/c1-12-6-7(5-10-12)11-8(13)3-2-4-9/h5-6H,2-4H2,1H3,(H,11,13). The van der Waals surface area contributed by atoms with Gasteiger partial charge in [-0.3, -0.25) is 9.48 Å². The first-order valence-corrected chi connectivity index (χ1v) is 4.60. The summed E-state index contributed by atoms with van der Waals surface area (Å²) in [6.07, 6.45) is 4.52. The Morgan fingerprint density at radius 3 is 3.08 bits per heavy atom. The van der Waals surface area contributed by atoms with Crippen molar-refractivity contribution in [2.75, 3.05) is 11.2 Å². The number of halogens is 1. The van der Waals surface area contributed by atoms with Crippen molar-refractivity contribution in [3.63, 3.8) is 0 Å². The van der Waals surface area contributed by atoms with Crippen molar-refractivity contribution in [2.24, 2.45) is 7.05 Å². The smallest absolute Gasteiger partial charge is 0.224 e. The van der Waals surface area contributed by atoms with E-state index in [1.54, 1.807) is 24.1 Å². The summed E-state index contributed by atoms with van der Waals surface area (Å²) in [5, 5.41) is 6.64. The SMILES string of the molecule is Cn1cc(NC(=O)CCCCl)cn1. The van der Waals surface area contributed by atoms with Gasteiger partial charge in [0.1, 0.15) is 0 Å². The molecule has 13 heavy (non-hydrogen) atoms. The number of aryl methyl sites for hydroxylation is 1. The summed E-state index contributed by atoms with van der Waals surface area (Å²) in [5.41, 5.74) is 0.724. The van der Waals surface area contributed by atoms with E-state index in [0.717, 1.165) is 5.69 Å². The number of nitrogens with zero attached hydrogens (tertiary/aromatic N) is 2. The normalized spacial score (nSPS) is 10.0. The molecule has 0 unspecified atom stereocenters. The van der Waals surface area contributed by atoms with Crippen molar-refractivity contribution in [1.29, 1.82) is 0 Å². The van der Waals surface area contributed by atoms with Crippen LogP contribution in [0.3, 0.4) is 0 Å². The highest BCUT2D eigenvalue weighted by molar-refractivity contribution is 6.18. The van der Waals surface area contributed by atoms with Crippen molar-refractivity contribution in [3.05, 3.63) is 12.4 Å². The topological polar surface area (TPSA) is 46.9 Å². The van der Waals surface area contributed by atoms with Crippen LogP contribution in [0.25, 0.3) is 0 Å². The van der Waals surface area contributed by atoms with Crippen LogP contribution >= 0.6 is 11.6 Å². The van der Waals surface area contributed by atoms with Crippen molar-refractivity contribution >= 4 is 23.2 Å². The second kappa shape index (κ2) is 4.87. The van der Waals surface area contributed by atoms with E-state index in [4.69, 9.17) is 11.6 Å². The molecule has 0 aliphatic rings. The zero-order valence-corrected chi connectivity index (χ0v) is 8.21. The van der Waals surface area contributed by atoms with Gasteiger partial charge in [0, 0.05) is 25.5 Å². The third-order valence-corrected chi connectivity index (χ3v) is 1.79. The minimum Gasteiger partial charge on any atom is -0.323 e. The zero-order valence-electron chi connectivity index (χ0n) is 7.46. The predicted molar refractivity (Wildman–Crippen MR) is 51.8 cm³/mol. The van der Waals surface area contributed by atoms with Gasteiger partial charge in [0.05, 0.1) is 11.9 Å². The number of alkyl halides is 1. The molecule has 1 rings (SSSR count). The summed E-state index contributed by atoms with van der Waals surface area (Å²) in [6.45, 7) is 0. The maximum absolute atomic E-state index is 11.2. The van der Waals surface area contributed by atoms with Gasteiger partial charge in [0.25, 0.3) is 0 Å². The summed E-state index contributed by atoms with van der Waals surface area (Å²) < 4.78 is 1.64. The van der Waals surface area contributed by atoms with Crippen molar-refractivity contribution in [3.8, 4) is 0 Å². The summed E-state index contributed by atoms with van der Waals surface area (Å²) in [7, 11) is 1.80. The highest BCUT2D eigenvalue weighted by atomic mass is 35.5. The fourth-order valence-corrected chi connectivity index (χ4v) is 1.07. The third kappa shape index (κ3) is 3.46. The molecule has 0 fully saturated rings. The Morgan fingerprint density at radius 2 is 2.54 bits per heavy atom. The van der Waals surface area contributed by atoms with Crippen LogP contribution in [0.2, 0.25) is 0 Å². The van der Waals surface area contributed by atoms with Crippen molar-refractivity contribution in [2.45, 2.75) is 12.8 Å². The minimum atomic E-state index is -0.0198. The van der Waals surface area contributed by atoms with E-state index < -0.39 is 0 Å². The molecule has 1 N–H and O–H groups in total. The van der Waals surface area contributed by atoms with Crippen molar-refractivity contribution in [1.82, 2.24) is 9.78 Å². The average molecular weight is 202 g/mol. The Hall–Kier alpha value is -1.03. The predicted octanol–water partition coefficient (Wildman–Crippen LogP) is 1.38. The number of nitrogens with one attached hydrogen (secondary N) is 1. The van der Waals surface area contributed by atoms with Gasteiger partial charge in [0.2, 0.25) is 5.91 Å². The summed E-state index contributed by atoms with van der Waals surface area (Å²) >= 11 is 5.46. The first-order valence-electron chi connectivity index (χ1n) is 4.07. The average Bonchev–Trinajstić information content (AvgIpc) is 2.48. The monoisotopic (exact) mass is 201 g/mol. The molecular weight excluding hydrogens is 190 g/mol. The molecule has 0 spiro atoms. The molecular formula is C8H12ClN3O. The minimum absolute atomic E-state index is 0.0198. The van der Waals surface area contributed by atoms with Crippen LogP contribution in [0, 0.1) is 0 Å². The molecule has 72 valence electrons. The number of rotatable bonds is 4. The molecule has 1 heterocycles.